The molecule has 0 saturated carbocycles. The molecule has 1 aromatic heterocycles. The minimum atomic E-state index is -0.384. The molecule has 0 unspecified atom stereocenters. The van der Waals surface area contributed by atoms with Crippen LogP contribution in [0.25, 0.3) is 11.3 Å². The fourth-order valence-corrected chi connectivity index (χ4v) is 2.42. The van der Waals surface area contributed by atoms with Gasteiger partial charge >= 0.3 is 0 Å². The number of ether oxygens (including phenoxy) is 2. The highest BCUT2D eigenvalue weighted by molar-refractivity contribution is 5.73. The third kappa shape index (κ3) is 2.74. The Morgan fingerprint density at radius 1 is 1.00 bits per heavy atom. The molecular formula is C17H11N5O3. The normalized spacial score (nSPS) is 12.4. The number of azo groups is 1. The molecule has 0 saturated heterocycles. The van der Waals surface area contributed by atoms with Gasteiger partial charge in [-0.05, 0) is 42.5 Å². The molecule has 8 nitrogen and oxygen atoms in total. The predicted molar refractivity (Wildman–Crippen MR) is 88.3 cm³/mol. The van der Waals surface area contributed by atoms with Crippen LogP contribution in [0.4, 0.5) is 11.4 Å². The van der Waals surface area contributed by atoms with Crippen molar-refractivity contribution in [3.63, 3.8) is 0 Å². The number of hydrogen-bond acceptors (Lipinski definition) is 6. The van der Waals surface area contributed by atoms with Gasteiger partial charge in [0.15, 0.2) is 17.2 Å². The number of nitrogens with one attached hydrogen (secondary N) is 2. The zero-order valence-corrected chi connectivity index (χ0v) is 12.8. The maximum Gasteiger partial charge on any atom is 0.292 e. The molecule has 8 heteroatoms. The van der Waals surface area contributed by atoms with Crippen LogP contribution in [0, 0.1) is 11.3 Å². The Hall–Kier alpha value is -3.86. The monoisotopic (exact) mass is 333 g/mol. The number of benzene rings is 2. The summed E-state index contributed by atoms with van der Waals surface area (Å²) in [5, 5.41) is 22.2. The van der Waals surface area contributed by atoms with Crippen LogP contribution in [-0.2, 0) is 0 Å². The molecule has 0 radical (unpaired) electrons. The van der Waals surface area contributed by atoms with Gasteiger partial charge in [-0.3, -0.25) is 15.0 Å². The maximum atomic E-state index is 12.0. The predicted octanol–water partition coefficient (Wildman–Crippen LogP) is 3.39. The van der Waals surface area contributed by atoms with Crippen LogP contribution in [0.3, 0.4) is 0 Å². The molecule has 0 bridgehead atoms. The summed E-state index contributed by atoms with van der Waals surface area (Å²) in [5.74, 6) is 1.26. The standard InChI is InChI=1S/C17H11N5O3/c18-8-10-1-4-12(5-2-10)19-21-16-15(20-22-17(16)23)11-3-6-13-14(7-11)25-9-24-13/h1-7H,9H2,(H2,20,22,23). The molecule has 4 rings (SSSR count). The van der Waals surface area contributed by atoms with Crippen LogP contribution >= 0.6 is 0 Å². The topological polar surface area (TPSA) is 116 Å². The van der Waals surface area contributed by atoms with Gasteiger partial charge in [0.2, 0.25) is 6.79 Å². The Morgan fingerprint density at radius 2 is 1.80 bits per heavy atom. The second-order valence-corrected chi connectivity index (χ2v) is 5.23. The third-order valence-corrected chi connectivity index (χ3v) is 3.68. The van der Waals surface area contributed by atoms with Gasteiger partial charge in [0.25, 0.3) is 5.56 Å². The summed E-state index contributed by atoms with van der Waals surface area (Å²) in [6.07, 6.45) is 0. The second kappa shape index (κ2) is 5.98. The molecule has 0 spiro atoms. The number of rotatable bonds is 3. The average Bonchev–Trinajstić information content (AvgIpc) is 3.26. The molecule has 3 aromatic rings. The van der Waals surface area contributed by atoms with Gasteiger partial charge in [-0.1, -0.05) is 0 Å². The van der Waals surface area contributed by atoms with E-state index in [-0.39, 0.29) is 18.0 Å². The van der Waals surface area contributed by atoms with Crippen LogP contribution in [0.2, 0.25) is 0 Å². The lowest BCUT2D eigenvalue weighted by Gasteiger charge is -2.01. The van der Waals surface area contributed by atoms with Crippen LogP contribution < -0.4 is 15.0 Å². The van der Waals surface area contributed by atoms with Gasteiger partial charge in [0.05, 0.1) is 23.0 Å². The average molecular weight is 333 g/mol. The summed E-state index contributed by atoms with van der Waals surface area (Å²) in [6.45, 7) is 0.174. The van der Waals surface area contributed by atoms with Crippen molar-refractivity contribution < 1.29 is 9.47 Å². The summed E-state index contributed by atoms with van der Waals surface area (Å²) in [4.78, 5) is 12.0. The van der Waals surface area contributed by atoms with Gasteiger partial charge in [0, 0.05) is 5.56 Å². The Balaban J connectivity index is 1.69. The minimum absolute atomic E-state index is 0.156. The maximum absolute atomic E-state index is 12.0. The molecule has 0 aliphatic carbocycles. The first kappa shape index (κ1) is 14.7. The minimum Gasteiger partial charge on any atom is -0.454 e. The van der Waals surface area contributed by atoms with E-state index in [0.717, 1.165) is 5.56 Å². The Labute approximate surface area is 141 Å². The van der Waals surface area contributed by atoms with E-state index in [4.69, 9.17) is 14.7 Å². The van der Waals surface area contributed by atoms with Crippen LogP contribution in [0.1, 0.15) is 5.56 Å². The molecule has 1 aliphatic rings. The number of fused-ring (bicyclic) bond motifs is 1. The molecule has 2 heterocycles. The number of aromatic amines is 2. The lowest BCUT2D eigenvalue weighted by Crippen LogP contribution is -1.96. The van der Waals surface area contributed by atoms with Crippen LogP contribution in [0.15, 0.2) is 57.5 Å². The van der Waals surface area contributed by atoms with Crippen molar-refractivity contribution in [3.8, 4) is 28.8 Å². The van der Waals surface area contributed by atoms with E-state index >= 15 is 0 Å². The first-order chi connectivity index (χ1) is 12.2. The SMILES string of the molecule is N#Cc1ccc(N=Nc2c(-c3ccc4c(c3)OCO4)[nH][nH]c2=O)cc1. The molecule has 25 heavy (non-hydrogen) atoms. The third-order valence-electron chi connectivity index (χ3n) is 3.68. The summed E-state index contributed by atoms with van der Waals surface area (Å²) in [6, 6.07) is 13.9. The number of nitrogens with zero attached hydrogens (tertiary/aromatic N) is 3. The van der Waals surface area contributed by atoms with Crippen molar-refractivity contribution in [1.29, 1.82) is 5.26 Å². The highest BCUT2D eigenvalue weighted by atomic mass is 16.7. The van der Waals surface area contributed by atoms with E-state index in [9.17, 15) is 4.79 Å². The van der Waals surface area contributed by atoms with E-state index in [0.29, 0.717) is 28.4 Å². The molecule has 0 amide bonds. The van der Waals surface area contributed by atoms with E-state index in [2.05, 4.69) is 20.4 Å². The smallest absolute Gasteiger partial charge is 0.292 e. The first-order valence-electron chi connectivity index (χ1n) is 7.37. The van der Waals surface area contributed by atoms with Gasteiger partial charge in [-0.25, -0.2) is 0 Å². The number of H-pyrrole nitrogens is 2. The Bertz CT molecular complexity index is 1060. The zero-order valence-electron chi connectivity index (χ0n) is 12.8. The van der Waals surface area contributed by atoms with Crippen molar-refractivity contribution in [2.75, 3.05) is 6.79 Å². The van der Waals surface area contributed by atoms with E-state index < -0.39 is 0 Å². The van der Waals surface area contributed by atoms with Crippen LogP contribution in [0.5, 0.6) is 11.5 Å². The first-order valence-corrected chi connectivity index (χ1v) is 7.37. The number of hydrogen-bond donors (Lipinski definition) is 2. The fraction of sp³-hybridized carbons (Fsp3) is 0.0588. The number of nitriles is 1. The number of aromatic nitrogens is 2. The van der Waals surface area contributed by atoms with Gasteiger partial charge in [-0.15, -0.1) is 5.11 Å². The summed E-state index contributed by atoms with van der Waals surface area (Å²) < 4.78 is 10.6. The molecule has 0 atom stereocenters. The van der Waals surface area contributed by atoms with Gasteiger partial charge in [0.1, 0.15) is 0 Å². The quantitative estimate of drug-likeness (QED) is 0.715. The van der Waals surface area contributed by atoms with Gasteiger partial charge in [-0.2, -0.15) is 10.4 Å². The summed E-state index contributed by atoms with van der Waals surface area (Å²) in [7, 11) is 0. The largest absolute Gasteiger partial charge is 0.454 e. The van der Waals surface area contributed by atoms with Crippen molar-refractivity contribution in [3.05, 3.63) is 58.4 Å². The second-order valence-electron chi connectivity index (χ2n) is 5.23. The summed E-state index contributed by atoms with van der Waals surface area (Å²) in [5.41, 5.74) is 2.06. The van der Waals surface area contributed by atoms with Crippen molar-refractivity contribution in [1.82, 2.24) is 10.2 Å². The molecular weight excluding hydrogens is 322 g/mol. The van der Waals surface area contributed by atoms with E-state index in [1.165, 1.54) is 0 Å². The van der Waals surface area contributed by atoms with Crippen molar-refractivity contribution in [2.24, 2.45) is 10.2 Å². The highest BCUT2D eigenvalue weighted by Gasteiger charge is 2.17. The van der Waals surface area contributed by atoms with Crippen LogP contribution in [-0.4, -0.2) is 17.0 Å². The molecule has 2 N–H and O–H groups in total. The highest BCUT2D eigenvalue weighted by Crippen LogP contribution is 2.37. The van der Waals surface area contributed by atoms with E-state index in [1.54, 1.807) is 42.5 Å². The molecule has 1 aliphatic heterocycles. The molecule has 2 aromatic carbocycles. The Kier molecular flexibility index (Phi) is 3.52. The molecule has 122 valence electrons. The summed E-state index contributed by atoms with van der Waals surface area (Å²) >= 11 is 0. The van der Waals surface area contributed by atoms with Crippen molar-refractivity contribution in [2.45, 2.75) is 0 Å². The zero-order chi connectivity index (χ0) is 17.2. The van der Waals surface area contributed by atoms with E-state index in [1.807, 2.05) is 6.07 Å². The lowest BCUT2D eigenvalue weighted by atomic mass is 10.1. The fourth-order valence-electron chi connectivity index (χ4n) is 2.42. The molecule has 0 fully saturated rings. The van der Waals surface area contributed by atoms with Crippen molar-refractivity contribution >= 4 is 11.4 Å². The Morgan fingerprint density at radius 3 is 2.60 bits per heavy atom. The lowest BCUT2D eigenvalue weighted by molar-refractivity contribution is 0.174. The van der Waals surface area contributed by atoms with Gasteiger partial charge < -0.3 is 9.47 Å².